The number of rotatable bonds is 8. The quantitative estimate of drug-likeness (QED) is 0.249. The summed E-state index contributed by atoms with van der Waals surface area (Å²) in [5.41, 5.74) is 3.71. The molecular weight excluding hydrogens is 487 g/mol. The number of carbonyl (C=O) groups excluding carboxylic acids is 1. The predicted octanol–water partition coefficient (Wildman–Crippen LogP) is 7.49. The minimum atomic E-state index is -0.115. The standard InChI is InChI=1S/C26H24Cl2N4OS/c1-3-17(2)18-7-11-22(12-8-18)29-24(33)16-34-26-31-30-25(19-5-4-6-21(28)15-19)32(26)23-13-9-20(27)10-14-23/h4-15,17H,3,16H2,1-2H3,(H,29,33)/t17-/m1/s1. The topological polar surface area (TPSA) is 59.8 Å². The Balaban J connectivity index is 1.53. The van der Waals surface area contributed by atoms with E-state index in [4.69, 9.17) is 23.2 Å². The first kappa shape index (κ1) is 24.3. The van der Waals surface area contributed by atoms with E-state index in [1.165, 1.54) is 17.3 Å². The highest BCUT2D eigenvalue weighted by Crippen LogP contribution is 2.30. The molecule has 0 unspecified atom stereocenters. The molecule has 5 nitrogen and oxygen atoms in total. The zero-order chi connectivity index (χ0) is 24.1. The zero-order valence-electron chi connectivity index (χ0n) is 18.8. The molecule has 1 amide bonds. The Morgan fingerprint density at radius 2 is 1.74 bits per heavy atom. The molecule has 0 bridgehead atoms. The average molecular weight is 511 g/mol. The van der Waals surface area contributed by atoms with Crippen molar-refractivity contribution in [2.75, 3.05) is 11.1 Å². The summed E-state index contributed by atoms with van der Waals surface area (Å²) in [6.07, 6.45) is 1.08. The maximum atomic E-state index is 12.7. The van der Waals surface area contributed by atoms with Crippen LogP contribution in [-0.2, 0) is 4.79 Å². The van der Waals surface area contributed by atoms with Crippen molar-refractivity contribution in [1.29, 1.82) is 0 Å². The van der Waals surface area contributed by atoms with Gasteiger partial charge in [0.05, 0.1) is 5.75 Å². The monoisotopic (exact) mass is 510 g/mol. The van der Waals surface area contributed by atoms with Crippen molar-refractivity contribution < 1.29 is 4.79 Å². The lowest BCUT2D eigenvalue weighted by atomic mass is 9.99. The van der Waals surface area contributed by atoms with Crippen molar-refractivity contribution >= 4 is 46.6 Å². The van der Waals surface area contributed by atoms with Crippen molar-refractivity contribution in [2.45, 2.75) is 31.3 Å². The third-order valence-corrected chi connectivity index (χ3v) is 6.93. The number of carbonyl (C=O) groups is 1. The Labute approximate surface area is 213 Å². The Bertz CT molecular complexity index is 1270. The van der Waals surface area contributed by atoms with Crippen LogP contribution in [-0.4, -0.2) is 26.4 Å². The zero-order valence-corrected chi connectivity index (χ0v) is 21.2. The molecule has 0 saturated carbocycles. The number of nitrogens with zero attached hydrogens (tertiary/aromatic N) is 3. The fraction of sp³-hybridized carbons (Fsp3) is 0.192. The number of anilines is 1. The van der Waals surface area contributed by atoms with Gasteiger partial charge in [-0.2, -0.15) is 0 Å². The molecule has 34 heavy (non-hydrogen) atoms. The minimum absolute atomic E-state index is 0.115. The van der Waals surface area contributed by atoms with E-state index in [-0.39, 0.29) is 11.7 Å². The van der Waals surface area contributed by atoms with Gasteiger partial charge >= 0.3 is 0 Å². The molecule has 1 aromatic heterocycles. The first-order valence-corrected chi connectivity index (χ1v) is 12.7. The molecule has 0 saturated heterocycles. The van der Waals surface area contributed by atoms with Crippen LogP contribution in [0, 0.1) is 0 Å². The largest absolute Gasteiger partial charge is 0.325 e. The second-order valence-corrected chi connectivity index (χ2v) is 9.71. The summed E-state index contributed by atoms with van der Waals surface area (Å²) in [7, 11) is 0. The summed E-state index contributed by atoms with van der Waals surface area (Å²) in [5, 5.41) is 13.5. The summed E-state index contributed by atoms with van der Waals surface area (Å²) >= 11 is 13.6. The van der Waals surface area contributed by atoms with Crippen LogP contribution >= 0.6 is 35.0 Å². The van der Waals surface area contributed by atoms with E-state index in [2.05, 4.69) is 41.5 Å². The van der Waals surface area contributed by atoms with Crippen LogP contribution in [0.25, 0.3) is 17.1 Å². The third-order valence-electron chi connectivity index (χ3n) is 5.51. The molecule has 1 heterocycles. The first-order valence-electron chi connectivity index (χ1n) is 10.9. The highest BCUT2D eigenvalue weighted by Gasteiger charge is 2.18. The van der Waals surface area contributed by atoms with Crippen molar-refractivity contribution in [1.82, 2.24) is 14.8 Å². The van der Waals surface area contributed by atoms with Crippen LogP contribution in [0.1, 0.15) is 31.7 Å². The van der Waals surface area contributed by atoms with Gasteiger partial charge in [0.15, 0.2) is 11.0 Å². The highest BCUT2D eigenvalue weighted by atomic mass is 35.5. The third kappa shape index (κ3) is 5.81. The molecule has 0 spiro atoms. The Hall–Kier alpha value is -2.80. The molecule has 1 N–H and O–H groups in total. The van der Waals surface area contributed by atoms with Gasteiger partial charge in [0.25, 0.3) is 0 Å². The van der Waals surface area contributed by atoms with Crippen LogP contribution in [0.4, 0.5) is 5.69 Å². The smallest absolute Gasteiger partial charge is 0.234 e. The van der Waals surface area contributed by atoms with Crippen LogP contribution in [0.2, 0.25) is 10.0 Å². The maximum absolute atomic E-state index is 12.7. The molecule has 0 fully saturated rings. The minimum Gasteiger partial charge on any atom is -0.325 e. The van der Waals surface area contributed by atoms with Crippen LogP contribution in [0.5, 0.6) is 0 Å². The second kappa shape index (κ2) is 11.1. The molecule has 0 aliphatic rings. The van der Waals surface area contributed by atoms with E-state index in [0.29, 0.717) is 26.9 Å². The molecule has 0 aliphatic heterocycles. The van der Waals surface area contributed by atoms with Crippen molar-refractivity contribution in [3.05, 3.63) is 88.4 Å². The molecule has 8 heteroatoms. The molecule has 174 valence electrons. The number of benzene rings is 3. The molecular formula is C26H24Cl2N4OS. The molecule has 3 aromatic carbocycles. The summed E-state index contributed by atoms with van der Waals surface area (Å²) in [5.74, 6) is 1.20. The predicted molar refractivity (Wildman–Crippen MR) is 141 cm³/mol. The SMILES string of the molecule is CC[C@@H](C)c1ccc(NC(=O)CSc2nnc(-c3cccc(Cl)c3)n2-c2ccc(Cl)cc2)cc1. The number of halogens is 2. The number of nitrogens with one attached hydrogen (secondary N) is 1. The van der Waals surface area contributed by atoms with Gasteiger partial charge in [0, 0.05) is 27.0 Å². The van der Waals surface area contributed by atoms with Gasteiger partial charge in [-0.3, -0.25) is 9.36 Å². The van der Waals surface area contributed by atoms with E-state index in [0.717, 1.165) is 23.4 Å². The van der Waals surface area contributed by atoms with Gasteiger partial charge in [-0.15, -0.1) is 10.2 Å². The lowest BCUT2D eigenvalue weighted by Gasteiger charge is -2.12. The molecule has 0 aliphatic carbocycles. The van der Waals surface area contributed by atoms with Gasteiger partial charge in [0.2, 0.25) is 5.91 Å². The average Bonchev–Trinajstić information content (AvgIpc) is 3.27. The maximum Gasteiger partial charge on any atom is 0.234 e. The second-order valence-electron chi connectivity index (χ2n) is 7.90. The first-order chi connectivity index (χ1) is 16.4. The summed E-state index contributed by atoms with van der Waals surface area (Å²) in [4.78, 5) is 12.7. The fourth-order valence-electron chi connectivity index (χ4n) is 3.46. The molecule has 1 atom stereocenters. The molecule has 0 radical (unpaired) electrons. The number of thioether (sulfide) groups is 1. The van der Waals surface area contributed by atoms with Crippen LogP contribution in [0.3, 0.4) is 0 Å². The van der Waals surface area contributed by atoms with Gasteiger partial charge in [-0.1, -0.05) is 73.1 Å². The highest BCUT2D eigenvalue weighted by molar-refractivity contribution is 7.99. The summed E-state index contributed by atoms with van der Waals surface area (Å²) in [6, 6.07) is 22.8. The van der Waals surface area contributed by atoms with Crippen molar-refractivity contribution in [2.24, 2.45) is 0 Å². The van der Waals surface area contributed by atoms with Gasteiger partial charge < -0.3 is 5.32 Å². The summed E-state index contributed by atoms with van der Waals surface area (Å²) < 4.78 is 1.90. The Kier molecular flexibility index (Phi) is 7.93. The Morgan fingerprint density at radius 1 is 1.00 bits per heavy atom. The number of hydrogen-bond acceptors (Lipinski definition) is 4. The lowest BCUT2D eigenvalue weighted by Crippen LogP contribution is -2.14. The molecule has 4 aromatic rings. The van der Waals surface area contributed by atoms with E-state index in [9.17, 15) is 4.79 Å². The van der Waals surface area contributed by atoms with Crippen molar-refractivity contribution in [3.63, 3.8) is 0 Å². The fourth-order valence-corrected chi connectivity index (χ4v) is 4.53. The van der Waals surface area contributed by atoms with Crippen molar-refractivity contribution in [3.8, 4) is 17.1 Å². The van der Waals surface area contributed by atoms with Crippen LogP contribution < -0.4 is 5.32 Å². The summed E-state index contributed by atoms with van der Waals surface area (Å²) in [6.45, 7) is 4.36. The van der Waals surface area contributed by atoms with Gasteiger partial charge in [-0.25, -0.2) is 0 Å². The number of aromatic nitrogens is 3. The number of amides is 1. The van der Waals surface area contributed by atoms with E-state index in [1.807, 2.05) is 65.2 Å². The normalized spacial score (nSPS) is 11.9. The van der Waals surface area contributed by atoms with E-state index >= 15 is 0 Å². The van der Waals surface area contributed by atoms with E-state index in [1.54, 1.807) is 0 Å². The number of hydrogen-bond donors (Lipinski definition) is 1. The van der Waals surface area contributed by atoms with Gasteiger partial charge in [-0.05, 0) is 66.4 Å². The van der Waals surface area contributed by atoms with E-state index < -0.39 is 0 Å². The van der Waals surface area contributed by atoms with Crippen LogP contribution in [0.15, 0.2) is 78.0 Å². The van der Waals surface area contributed by atoms with Gasteiger partial charge in [0.1, 0.15) is 0 Å². The molecule has 4 rings (SSSR count). The Morgan fingerprint density at radius 3 is 2.41 bits per heavy atom. The lowest BCUT2D eigenvalue weighted by molar-refractivity contribution is -0.113.